The number of rotatable bonds is 7. The number of pyridine rings is 1. The molecule has 0 aromatic carbocycles. The molecule has 0 fully saturated rings. The van der Waals surface area contributed by atoms with Crippen LogP contribution in [0.4, 0.5) is 11.5 Å². The average molecular weight is 211 g/mol. The van der Waals surface area contributed by atoms with E-state index in [2.05, 4.69) is 10.3 Å². The molecule has 4 N–H and O–H groups in total. The monoisotopic (exact) mass is 211 g/mol. The van der Waals surface area contributed by atoms with Crippen LogP contribution in [0.5, 0.6) is 0 Å². The molecular weight excluding hydrogens is 194 g/mol. The zero-order valence-electron chi connectivity index (χ0n) is 8.65. The number of ether oxygens (including phenoxy) is 1. The van der Waals surface area contributed by atoms with E-state index in [1.54, 1.807) is 18.3 Å². The van der Waals surface area contributed by atoms with Gasteiger partial charge in [0.25, 0.3) is 0 Å². The van der Waals surface area contributed by atoms with Crippen LogP contribution in [0.3, 0.4) is 0 Å². The van der Waals surface area contributed by atoms with Crippen LogP contribution in [0.15, 0.2) is 18.3 Å². The molecule has 1 aromatic rings. The predicted octanol–water partition coefficient (Wildman–Crippen LogP) is 0.475. The van der Waals surface area contributed by atoms with E-state index in [-0.39, 0.29) is 6.61 Å². The SMILES string of the molecule is Nc1cccnc1NCCCOCCO. The highest BCUT2D eigenvalue weighted by molar-refractivity contribution is 5.60. The highest BCUT2D eigenvalue weighted by Crippen LogP contribution is 2.12. The molecule has 0 saturated heterocycles. The number of anilines is 2. The lowest BCUT2D eigenvalue weighted by molar-refractivity contribution is 0.0922. The Hall–Kier alpha value is -1.33. The third-order valence-electron chi connectivity index (χ3n) is 1.83. The van der Waals surface area contributed by atoms with Gasteiger partial charge in [0.15, 0.2) is 0 Å². The molecule has 1 rings (SSSR count). The van der Waals surface area contributed by atoms with Crippen LogP contribution in [0.2, 0.25) is 0 Å². The van der Waals surface area contributed by atoms with Gasteiger partial charge in [-0.2, -0.15) is 0 Å². The van der Waals surface area contributed by atoms with Crippen LogP contribution in [0.25, 0.3) is 0 Å². The first-order chi connectivity index (χ1) is 7.34. The summed E-state index contributed by atoms with van der Waals surface area (Å²) in [5.41, 5.74) is 6.34. The number of hydrogen-bond acceptors (Lipinski definition) is 5. The lowest BCUT2D eigenvalue weighted by Gasteiger charge is -2.07. The van der Waals surface area contributed by atoms with Gasteiger partial charge in [0.05, 0.1) is 18.9 Å². The van der Waals surface area contributed by atoms with E-state index >= 15 is 0 Å². The Morgan fingerprint density at radius 1 is 1.47 bits per heavy atom. The van der Waals surface area contributed by atoms with Crippen LogP contribution in [0.1, 0.15) is 6.42 Å². The molecule has 5 nitrogen and oxygen atoms in total. The average Bonchev–Trinajstić information content (AvgIpc) is 2.25. The molecular formula is C10H17N3O2. The summed E-state index contributed by atoms with van der Waals surface area (Å²) in [5.74, 6) is 0.708. The Bertz CT molecular complexity index is 281. The minimum atomic E-state index is 0.0701. The largest absolute Gasteiger partial charge is 0.396 e. The molecule has 1 aromatic heterocycles. The van der Waals surface area contributed by atoms with E-state index < -0.39 is 0 Å². The molecule has 5 heteroatoms. The first kappa shape index (κ1) is 11.7. The van der Waals surface area contributed by atoms with E-state index in [9.17, 15) is 0 Å². The molecule has 0 spiro atoms. The number of aliphatic hydroxyl groups is 1. The first-order valence-corrected chi connectivity index (χ1v) is 4.97. The van der Waals surface area contributed by atoms with Gasteiger partial charge in [-0.1, -0.05) is 0 Å². The maximum Gasteiger partial charge on any atom is 0.149 e. The summed E-state index contributed by atoms with van der Waals surface area (Å²) >= 11 is 0. The van der Waals surface area contributed by atoms with E-state index in [0.717, 1.165) is 13.0 Å². The summed E-state index contributed by atoms with van der Waals surface area (Å²) < 4.78 is 5.11. The molecule has 0 radical (unpaired) electrons. The lowest BCUT2D eigenvalue weighted by Crippen LogP contribution is -2.09. The van der Waals surface area contributed by atoms with Crippen molar-refractivity contribution in [2.24, 2.45) is 0 Å². The topological polar surface area (TPSA) is 80.4 Å². The summed E-state index contributed by atoms with van der Waals surface area (Å²) in [6, 6.07) is 3.60. The first-order valence-electron chi connectivity index (χ1n) is 4.97. The fourth-order valence-electron chi connectivity index (χ4n) is 1.11. The minimum Gasteiger partial charge on any atom is -0.396 e. The summed E-state index contributed by atoms with van der Waals surface area (Å²) in [6.45, 7) is 1.85. The summed E-state index contributed by atoms with van der Waals surface area (Å²) in [7, 11) is 0. The van der Waals surface area contributed by atoms with Crippen molar-refractivity contribution in [2.75, 3.05) is 37.4 Å². The van der Waals surface area contributed by atoms with Crippen molar-refractivity contribution in [3.8, 4) is 0 Å². The standard InChI is InChI=1S/C10H17N3O2/c11-9-3-1-4-12-10(9)13-5-2-7-15-8-6-14/h1,3-4,14H,2,5-8,11H2,(H,12,13). The molecule has 1 heterocycles. The molecule has 0 aliphatic carbocycles. The third kappa shape index (κ3) is 4.62. The second kappa shape index (κ2) is 7.03. The molecule has 0 aliphatic heterocycles. The Morgan fingerprint density at radius 3 is 3.07 bits per heavy atom. The molecule has 15 heavy (non-hydrogen) atoms. The number of nitrogens with one attached hydrogen (secondary N) is 1. The number of aliphatic hydroxyl groups excluding tert-OH is 1. The number of aromatic nitrogens is 1. The third-order valence-corrected chi connectivity index (χ3v) is 1.83. The van der Waals surface area contributed by atoms with E-state index in [0.29, 0.717) is 24.7 Å². The van der Waals surface area contributed by atoms with Gasteiger partial charge in [-0.15, -0.1) is 0 Å². The van der Waals surface area contributed by atoms with Gasteiger partial charge in [-0.3, -0.25) is 0 Å². The van der Waals surface area contributed by atoms with Gasteiger partial charge < -0.3 is 20.9 Å². The Balaban J connectivity index is 2.12. The highest BCUT2D eigenvalue weighted by atomic mass is 16.5. The summed E-state index contributed by atoms with van der Waals surface area (Å²) in [5, 5.41) is 11.6. The summed E-state index contributed by atoms with van der Waals surface area (Å²) in [6.07, 6.45) is 2.55. The van der Waals surface area contributed by atoms with Gasteiger partial charge in [0.1, 0.15) is 5.82 Å². The van der Waals surface area contributed by atoms with Crippen molar-refractivity contribution in [2.45, 2.75) is 6.42 Å². The quantitative estimate of drug-likeness (QED) is 0.571. The molecule has 0 bridgehead atoms. The van der Waals surface area contributed by atoms with Crippen LogP contribution in [-0.2, 0) is 4.74 Å². The smallest absolute Gasteiger partial charge is 0.149 e. The zero-order valence-corrected chi connectivity index (χ0v) is 8.65. The molecule has 0 saturated carbocycles. The maximum absolute atomic E-state index is 8.47. The van der Waals surface area contributed by atoms with Gasteiger partial charge in [-0.25, -0.2) is 4.98 Å². The van der Waals surface area contributed by atoms with Crippen LogP contribution >= 0.6 is 0 Å². The highest BCUT2D eigenvalue weighted by Gasteiger charge is 1.97. The number of nitrogen functional groups attached to an aromatic ring is 1. The second-order valence-electron chi connectivity index (χ2n) is 3.06. The number of hydrogen-bond donors (Lipinski definition) is 3. The molecule has 0 unspecified atom stereocenters. The maximum atomic E-state index is 8.47. The van der Waals surface area contributed by atoms with Crippen molar-refractivity contribution in [3.63, 3.8) is 0 Å². The Labute approximate surface area is 89.3 Å². The number of nitrogens with two attached hydrogens (primary N) is 1. The van der Waals surface area contributed by atoms with E-state index in [1.807, 2.05) is 0 Å². The second-order valence-corrected chi connectivity index (χ2v) is 3.06. The van der Waals surface area contributed by atoms with E-state index in [4.69, 9.17) is 15.6 Å². The predicted molar refractivity (Wildman–Crippen MR) is 59.7 cm³/mol. The Morgan fingerprint density at radius 2 is 2.33 bits per heavy atom. The fraction of sp³-hybridized carbons (Fsp3) is 0.500. The van der Waals surface area contributed by atoms with Crippen molar-refractivity contribution < 1.29 is 9.84 Å². The van der Waals surface area contributed by atoms with E-state index in [1.165, 1.54) is 0 Å². The van der Waals surface area contributed by atoms with Crippen molar-refractivity contribution in [1.29, 1.82) is 0 Å². The van der Waals surface area contributed by atoms with Crippen LogP contribution in [-0.4, -0.2) is 36.5 Å². The molecule has 84 valence electrons. The lowest BCUT2D eigenvalue weighted by atomic mass is 10.4. The van der Waals surface area contributed by atoms with Crippen molar-refractivity contribution in [3.05, 3.63) is 18.3 Å². The van der Waals surface area contributed by atoms with Gasteiger partial charge in [0.2, 0.25) is 0 Å². The fourth-order valence-corrected chi connectivity index (χ4v) is 1.11. The van der Waals surface area contributed by atoms with Crippen LogP contribution in [0, 0.1) is 0 Å². The van der Waals surface area contributed by atoms with Gasteiger partial charge >= 0.3 is 0 Å². The van der Waals surface area contributed by atoms with Crippen molar-refractivity contribution in [1.82, 2.24) is 4.98 Å². The Kier molecular flexibility index (Phi) is 5.50. The normalized spacial score (nSPS) is 10.2. The zero-order chi connectivity index (χ0) is 10.9. The molecule has 0 aliphatic rings. The summed E-state index contributed by atoms with van der Waals surface area (Å²) in [4.78, 5) is 4.10. The minimum absolute atomic E-state index is 0.0701. The van der Waals surface area contributed by atoms with Gasteiger partial charge in [0, 0.05) is 19.3 Å². The molecule has 0 atom stereocenters. The molecule has 0 amide bonds. The van der Waals surface area contributed by atoms with Crippen LogP contribution < -0.4 is 11.1 Å². The van der Waals surface area contributed by atoms with Crippen molar-refractivity contribution >= 4 is 11.5 Å². The number of nitrogens with zero attached hydrogens (tertiary/aromatic N) is 1. The van der Waals surface area contributed by atoms with Gasteiger partial charge in [-0.05, 0) is 18.6 Å².